The first kappa shape index (κ1) is 13.8. The molecule has 1 saturated heterocycles. The van der Waals surface area contributed by atoms with Gasteiger partial charge in [-0.15, -0.1) is 11.3 Å². The zero-order chi connectivity index (χ0) is 13.2. The molecule has 0 aromatic carbocycles. The molecule has 2 nitrogen and oxygen atoms in total. The maximum atomic E-state index is 12.2. The highest BCUT2D eigenvalue weighted by Crippen LogP contribution is 2.34. The van der Waals surface area contributed by atoms with Crippen LogP contribution in [0.15, 0.2) is 15.9 Å². The first-order valence-corrected chi connectivity index (χ1v) is 8.91. The van der Waals surface area contributed by atoms with Gasteiger partial charge in [-0.2, -0.15) is 0 Å². The van der Waals surface area contributed by atoms with Gasteiger partial charge in [-0.3, -0.25) is 9.69 Å². The second kappa shape index (κ2) is 6.06. The van der Waals surface area contributed by atoms with E-state index < -0.39 is 0 Å². The van der Waals surface area contributed by atoms with Gasteiger partial charge in [0.1, 0.15) is 5.78 Å². The Kier molecular flexibility index (Phi) is 4.40. The predicted octanol–water partition coefficient (Wildman–Crippen LogP) is 4.23. The Labute approximate surface area is 127 Å². The van der Waals surface area contributed by atoms with Crippen LogP contribution >= 0.6 is 27.3 Å². The van der Waals surface area contributed by atoms with Gasteiger partial charge < -0.3 is 0 Å². The van der Waals surface area contributed by atoms with Crippen LogP contribution in [0.4, 0.5) is 0 Å². The molecule has 0 spiro atoms. The summed E-state index contributed by atoms with van der Waals surface area (Å²) in [6.07, 6.45) is 6.75. The van der Waals surface area contributed by atoms with Gasteiger partial charge in [0.05, 0.1) is 0 Å². The normalized spacial score (nSPS) is 29.0. The Morgan fingerprint density at radius 3 is 2.95 bits per heavy atom. The third-order valence-corrected chi connectivity index (χ3v) is 6.14. The summed E-state index contributed by atoms with van der Waals surface area (Å²) in [6.45, 7) is 2.18. The van der Waals surface area contributed by atoms with E-state index in [1.807, 2.05) is 11.3 Å². The Morgan fingerprint density at radius 2 is 2.21 bits per heavy atom. The van der Waals surface area contributed by atoms with Crippen LogP contribution in [-0.2, 0) is 11.3 Å². The van der Waals surface area contributed by atoms with E-state index in [2.05, 4.69) is 32.3 Å². The van der Waals surface area contributed by atoms with E-state index in [0.717, 1.165) is 32.4 Å². The molecule has 0 radical (unpaired) electrons. The van der Waals surface area contributed by atoms with E-state index in [9.17, 15) is 4.79 Å². The smallest absolute Gasteiger partial charge is 0.137 e. The van der Waals surface area contributed by atoms with E-state index >= 15 is 0 Å². The summed E-state index contributed by atoms with van der Waals surface area (Å²) in [4.78, 5) is 16.1. The van der Waals surface area contributed by atoms with Gasteiger partial charge in [0.25, 0.3) is 0 Å². The predicted molar refractivity (Wildman–Crippen MR) is 82.4 cm³/mol. The Hall–Kier alpha value is -0.190. The molecule has 0 amide bonds. The van der Waals surface area contributed by atoms with E-state index in [1.54, 1.807) is 0 Å². The molecule has 0 bridgehead atoms. The molecule has 0 N–H and O–H groups in total. The van der Waals surface area contributed by atoms with Crippen LogP contribution in [0.25, 0.3) is 0 Å². The van der Waals surface area contributed by atoms with Crippen molar-refractivity contribution in [2.45, 2.75) is 51.1 Å². The van der Waals surface area contributed by atoms with Crippen molar-refractivity contribution < 1.29 is 4.79 Å². The van der Waals surface area contributed by atoms with Crippen molar-refractivity contribution in [2.24, 2.45) is 5.92 Å². The molecular formula is C15H20BrNOS. The largest absolute Gasteiger partial charge is 0.299 e. The van der Waals surface area contributed by atoms with Crippen molar-refractivity contribution in [1.82, 2.24) is 4.90 Å². The molecule has 104 valence electrons. The van der Waals surface area contributed by atoms with Gasteiger partial charge in [0, 0.05) is 39.7 Å². The number of Topliss-reactive ketones (excluding diaryl/α,β-unsaturated/α-hetero) is 1. The topological polar surface area (TPSA) is 20.3 Å². The minimum atomic E-state index is 0.319. The highest BCUT2D eigenvalue weighted by molar-refractivity contribution is 9.10. The fraction of sp³-hybridized carbons (Fsp3) is 0.667. The molecule has 1 saturated carbocycles. The van der Waals surface area contributed by atoms with Gasteiger partial charge >= 0.3 is 0 Å². The molecule has 2 aliphatic rings. The Morgan fingerprint density at radius 1 is 1.32 bits per heavy atom. The third-order valence-electron chi connectivity index (χ3n) is 4.46. The zero-order valence-corrected chi connectivity index (χ0v) is 13.5. The summed E-state index contributed by atoms with van der Waals surface area (Å²) in [5.74, 6) is 0.843. The molecule has 1 aromatic rings. The van der Waals surface area contributed by atoms with Crippen molar-refractivity contribution in [3.63, 3.8) is 0 Å². The first-order chi connectivity index (χ1) is 9.24. The van der Waals surface area contributed by atoms with Crippen molar-refractivity contribution in [3.05, 3.63) is 20.8 Å². The van der Waals surface area contributed by atoms with Gasteiger partial charge in [0.2, 0.25) is 0 Å². The number of nitrogens with zero attached hydrogens (tertiary/aromatic N) is 1. The molecule has 19 heavy (non-hydrogen) atoms. The molecule has 1 aliphatic carbocycles. The summed E-state index contributed by atoms with van der Waals surface area (Å²) < 4.78 is 1.18. The minimum absolute atomic E-state index is 0.319. The summed E-state index contributed by atoms with van der Waals surface area (Å²) in [7, 11) is 0. The van der Waals surface area contributed by atoms with Crippen LogP contribution in [0, 0.1) is 5.92 Å². The van der Waals surface area contributed by atoms with Crippen molar-refractivity contribution in [1.29, 1.82) is 0 Å². The van der Waals surface area contributed by atoms with Crippen molar-refractivity contribution in [3.8, 4) is 0 Å². The number of hydrogen-bond acceptors (Lipinski definition) is 3. The lowest BCUT2D eigenvalue weighted by molar-refractivity contribution is -0.126. The number of thiophene rings is 1. The van der Waals surface area contributed by atoms with Gasteiger partial charge in [0.15, 0.2) is 0 Å². The van der Waals surface area contributed by atoms with E-state index in [4.69, 9.17) is 0 Å². The lowest BCUT2D eigenvalue weighted by atomic mass is 9.82. The number of halogens is 1. The standard InChI is InChI=1S/C15H20BrNOS/c16-11-8-12(19-10-11)9-17-7-3-5-14(17)13-4-1-2-6-15(13)18/h8,10,13-14H,1-7,9H2. The van der Waals surface area contributed by atoms with E-state index in [-0.39, 0.29) is 0 Å². The van der Waals surface area contributed by atoms with Crippen LogP contribution in [-0.4, -0.2) is 23.3 Å². The SMILES string of the molecule is O=C1CCCCC1C1CCCN1Cc1cc(Br)cs1. The molecular weight excluding hydrogens is 322 g/mol. The average Bonchev–Trinajstić information content (AvgIpc) is 3.00. The minimum Gasteiger partial charge on any atom is -0.299 e. The number of rotatable bonds is 3. The summed E-state index contributed by atoms with van der Waals surface area (Å²) in [5.41, 5.74) is 0. The maximum Gasteiger partial charge on any atom is 0.137 e. The molecule has 2 fully saturated rings. The fourth-order valence-corrected chi connectivity index (χ4v) is 5.03. The fourth-order valence-electron chi connectivity index (χ4n) is 3.56. The van der Waals surface area contributed by atoms with Crippen molar-refractivity contribution in [2.75, 3.05) is 6.54 Å². The second-order valence-corrected chi connectivity index (χ2v) is 7.64. The molecule has 3 rings (SSSR count). The van der Waals surface area contributed by atoms with Crippen LogP contribution in [0.3, 0.4) is 0 Å². The maximum absolute atomic E-state index is 12.2. The monoisotopic (exact) mass is 341 g/mol. The quantitative estimate of drug-likeness (QED) is 0.819. The molecule has 1 aliphatic heterocycles. The highest BCUT2D eigenvalue weighted by Gasteiger charge is 2.36. The molecule has 2 heterocycles. The van der Waals surface area contributed by atoms with E-state index in [0.29, 0.717) is 17.7 Å². The van der Waals surface area contributed by atoms with Crippen LogP contribution in [0.1, 0.15) is 43.4 Å². The second-order valence-electron chi connectivity index (χ2n) is 5.73. The lowest BCUT2D eigenvalue weighted by Crippen LogP contribution is -2.40. The molecule has 2 unspecified atom stereocenters. The molecule has 4 heteroatoms. The number of hydrogen-bond donors (Lipinski definition) is 0. The Balaban J connectivity index is 1.68. The number of carbonyl (C=O) groups is 1. The van der Waals surface area contributed by atoms with Crippen LogP contribution in [0.5, 0.6) is 0 Å². The summed E-state index contributed by atoms with van der Waals surface area (Å²) in [6, 6.07) is 2.72. The summed E-state index contributed by atoms with van der Waals surface area (Å²) >= 11 is 5.33. The third kappa shape index (κ3) is 3.11. The van der Waals surface area contributed by atoms with Crippen LogP contribution in [0.2, 0.25) is 0 Å². The highest BCUT2D eigenvalue weighted by atomic mass is 79.9. The van der Waals surface area contributed by atoms with E-state index in [1.165, 1.54) is 28.6 Å². The lowest BCUT2D eigenvalue weighted by Gasteiger charge is -2.32. The number of ketones is 1. The first-order valence-electron chi connectivity index (χ1n) is 7.24. The van der Waals surface area contributed by atoms with Gasteiger partial charge in [-0.25, -0.2) is 0 Å². The molecule has 1 aromatic heterocycles. The van der Waals surface area contributed by atoms with Crippen molar-refractivity contribution >= 4 is 33.0 Å². The Bertz CT molecular complexity index is 459. The zero-order valence-electron chi connectivity index (χ0n) is 11.1. The van der Waals surface area contributed by atoms with Gasteiger partial charge in [-0.1, -0.05) is 6.42 Å². The van der Waals surface area contributed by atoms with Gasteiger partial charge in [-0.05, 0) is 54.2 Å². The average molecular weight is 342 g/mol. The summed E-state index contributed by atoms with van der Waals surface area (Å²) in [5, 5.41) is 2.15. The number of carbonyl (C=O) groups excluding carboxylic acids is 1. The van der Waals surface area contributed by atoms with Crippen LogP contribution < -0.4 is 0 Å². The molecule has 2 atom stereocenters. The number of likely N-dealkylation sites (tertiary alicyclic amines) is 1.